The van der Waals surface area contributed by atoms with Gasteiger partial charge in [0.25, 0.3) is 0 Å². The van der Waals surface area contributed by atoms with E-state index < -0.39 is 5.92 Å². The number of allylic oxidation sites excluding steroid dienone is 1. The molecule has 0 fully saturated rings. The number of thiophene rings is 1. The van der Waals surface area contributed by atoms with Crippen molar-refractivity contribution in [1.29, 1.82) is 0 Å². The summed E-state index contributed by atoms with van der Waals surface area (Å²) >= 11 is 1.64. The highest BCUT2D eigenvalue weighted by Crippen LogP contribution is 2.44. The highest BCUT2D eigenvalue weighted by molar-refractivity contribution is 7.10. The SMILES string of the molecule is O=C1c2ccccc2C(=O)C1C1=C[C@@H](c2ccccc2)[C@@H](c2cccs2)N=N1. The fourth-order valence-electron chi connectivity index (χ4n) is 3.92. The summed E-state index contributed by atoms with van der Waals surface area (Å²) in [5.41, 5.74) is 2.50. The van der Waals surface area contributed by atoms with Gasteiger partial charge in [0.1, 0.15) is 12.0 Å². The van der Waals surface area contributed by atoms with Crippen LogP contribution in [0.2, 0.25) is 0 Å². The van der Waals surface area contributed by atoms with Gasteiger partial charge in [0.15, 0.2) is 11.6 Å². The number of ketones is 2. The average molecular weight is 384 g/mol. The Hall–Kier alpha value is -3.18. The second-order valence-corrected chi connectivity index (χ2v) is 7.89. The van der Waals surface area contributed by atoms with E-state index in [2.05, 4.69) is 10.2 Å². The predicted octanol–water partition coefficient (Wildman–Crippen LogP) is 5.62. The van der Waals surface area contributed by atoms with Gasteiger partial charge in [0, 0.05) is 21.9 Å². The predicted molar refractivity (Wildman–Crippen MR) is 108 cm³/mol. The molecule has 5 heteroatoms. The molecular formula is C23H16N2O2S. The van der Waals surface area contributed by atoms with Crippen LogP contribution in [-0.4, -0.2) is 11.6 Å². The fourth-order valence-corrected chi connectivity index (χ4v) is 4.73. The number of Topliss-reactive ketones (excluding diaryl/α,β-unsaturated/α-hetero) is 2. The molecule has 0 radical (unpaired) electrons. The number of fused-ring (bicyclic) bond motifs is 1. The van der Waals surface area contributed by atoms with Crippen LogP contribution in [0.1, 0.15) is 43.1 Å². The summed E-state index contributed by atoms with van der Waals surface area (Å²) in [5, 5.41) is 10.9. The van der Waals surface area contributed by atoms with Crippen molar-refractivity contribution in [1.82, 2.24) is 0 Å². The van der Waals surface area contributed by atoms with Gasteiger partial charge in [-0.25, -0.2) is 0 Å². The number of hydrogen-bond acceptors (Lipinski definition) is 5. The number of benzene rings is 2. The van der Waals surface area contributed by atoms with E-state index in [0.29, 0.717) is 16.8 Å². The topological polar surface area (TPSA) is 58.9 Å². The van der Waals surface area contributed by atoms with Gasteiger partial charge < -0.3 is 0 Å². The van der Waals surface area contributed by atoms with Gasteiger partial charge in [-0.15, -0.1) is 11.3 Å². The molecule has 0 unspecified atom stereocenters. The van der Waals surface area contributed by atoms with Crippen LogP contribution in [0.3, 0.4) is 0 Å². The number of carbonyl (C=O) groups excluding carboxylic acids is 2. The molecule has 2 aromatic carbocycles. The Kier molecular flexibility index (Phi) is 4.10. The molecule has 1 aliphatic heterocycles. The molecule has 0 N–H and O–H groups in total. The summed E-state index contributed by atoms with van der Waals surface area (Å²) in [6.45, 7) is 0. The Morgan fingerprint density at radius 1 is 0.786 bits per heavy atom. The van der Waals surface area contributed by atoms with E-state index in [1.54, 1.807) is 35.6 Å². The highest BCUT2D eigenvalue weighted by atomic mass is 32.1. The monoisotopic (exact) mass is 384 g/mol. The van der Waals surface area contributed by atoms with Gasteiger partial charge >= 0.3 is 0 Å². The summed E-state index contributed by atoms with van der Waals surface area (Å²) in [6.07, 6.45) is 1.96. The van der Waals surface area contributed by atoms with Crippen molar-refractivity contribution in [3.8, 4) is 0 Å². The quantitative estimate of drug-likeness (QED) is 0.550. The zero-order valence-corrected chi connectivity index (χ0v) is 15.7. The Morgan fingerprint density at radius 2 is 1.46 bits per heavy atom. The minimum absolute atomic E-state index is 0.0725. The van der Waals surface area contributed by atoms with E-state index in [9.17, 15) is 9.59 Å². The molecule has 2 aliphatic rings. The molecule has 0 bridgehead atoms. The largest absolute Gasteiger partial charge is 0.293 e. The maximum Gasteiger partial charge on any atom is 0.180 e. The first-order valence-corrected chi connectivity index (χ1v) is 10.0. The highest BCUT2D eigenvalue weighted by Gasteiger charge is 2.42. The Labute approximate surface area is 166 Å². The Morgan fingerprint density at radius 3 is 2.11 bits per heavy atom. The molecule has 5 rings (SSSR count). The molecule has 28 heavy (non-hydrogen) atoms. The van der Waals surface area contributed by atoms with Gasteiger partial charge in [-0.1, -0.05) is 60.7 Å². The van der Waals surface area contributed by atoms with Crippen LogP contribution >= 0.6 is 11.3 Å². The third kappa shape index (κ3) is 2.67. The summed E-state index contributed by atoms with van der Waals surface area (Å²) in [4.78, 5) is 26.9. The van der Waals surface area contributed by atoms with Crippen LogP contribution in [0, 0.1) is 5.92 Å². The van der Waals surface area contributed by atoms with E-state index in [1.165, 1.54) is 0 Å². The molecule has 0 saturated carbocycles. The Balaban J connectivity index is 1.57. The molecule has 1 aliphatic carbocycles. The van der Waals surface area contributed by atoms with E-state index in [1.807, 2.05) is 53.9 Å². The molecule has 0 amide bonds. The maximum absolute atomic E-state index is 12.9. The standard InChI is InChI=1S/C23H16N2O2S/c26-22-15-9-4-5-10-16(15)23(27)20(22)18-13-17(14-7-2-1-3-8-14)21(25-24-18)19-11-6-12-28-19/h1-13,17,20-21H/t17-,21-/m0/s1. The van der Waals surface area contributed by atoms with E-state index in [0.717, 1.165) is 10.4 Å². The van der Waals surface area contributed by atoms with Crippen molar-refractivity contribution in [2.45, 2.75) is 12.0 Å². The minimum Gasteiger partial charge on any atom is -0.293 e. The first-order chi connectivity index (χ1) is 13.7. The van der Waals surface area contributed by atoms with E-state index in [4.69, 9.17) is 0 Å². The lowest BCUT2D eigenvalue weighted by Gasteiger charge is -2.25. The van der Waals surface area contributed by atoms with E-state index in [-0.39, 0.29) is 23.5 Å². The molecule has 136 valence electrons. The van der Waals surface area contributed by atoms with E-state index >= 15 is 0 Å². The fraction of sp³-hybridized carbons (Fsp3) is 0.130. The number of azo groups is 1. The van der Waals surface area contributed by atoms with Gasteiger partial charge in [-0.05, 0) is 23.1 Å². The molecular weight excluding hydrogens is 368 g/mol. The average Bonchev–Trinajstić information content (AvgIpc) is 3.36. The van der Waals surface area contributed by atoms with Gasteiger partial charge in [-0.3, -0.25) is 9.59 Å². The Bertz CT molecular complexity index is 1080. The molecule has 0 saturated heterocycles. The second kappa shape index (κ2) is 6.77. The van der Waals surface area contributed by atoms with Crippen molar-refractivity contribution < 1.29 is 9.59 Å². The molecule has 4 nitrogen and oxygen atoms in total. The lowest BCUT2D eigenvalue weighted by molar-refractivity contribution is 0.0861. The third-order valence-corrected chi connectivity index (χ3v) is 6.23. The molecule has 3 aromatic rings. The summed E-state index contributed by atoms with van der Waals surface area (Å²) in [5.74, 6) is -1.34. The lowest BCUT2D eigenvalue weighted by Crippen LogP contribution is -2.20. The minimum atomic E-state index is -0.892. The van der Waals surface area contributed by atoms with Crippen molar-refractivity contribution in [2.75, 3.05) is 0 Å². The zero-order valence-electron chi connectivity index (χ0n) is 14.9. The number of nitrogens with zero attached hydrogens (tertiary/aromatic N) is 2. The number of carbonyl (C=O) groups is 2. The van der Waals surface area contributed by atoms with Crippen molar-refractivity contribution in [2.24, 2.45) is 16.1 Å². The summed E-state index contributed by atoms with van der Waals surface area (Å²) in [6, 6.07) is 20.9. The third-order valence-electron chi connectivity index (χ3n) is 5.29. The second-order valence-electron chi connectivity index (χ2n) is 6.91. The molecule has 1 aromatic heterocycles. The first-order valence-electron chi connectivity index (χ1n) is 9.12. The van der Waals surface area contributed by atoms with Crippen molar-refractivity contribution in [3.05, 3.63) is 105 Å². The summed E-state index contributed by atoms with van der Waals surface area (Å²) < 4.78 is 0. The van der Waals surface area contributed by atoms with Crippen molar-refractivity contribution >= 4 is 22.9 Å². The molecule has 2 atom stereocenters. The first kappa shape index (κ1) is 17.0. The van der Waals surface area contributed by atoms with Crippen LogP contribution < -0.4 is 0 Å². The smallest absolute Gasteiger partial charge is 0.180 e. The maximum atomic E-state index is 12.9. The zero-order chi connectivity index (χ0) is 19.1. The van der Waals surface area contributed by atoms with Crippen LogP contribution in [0.15, 0.2) is 94.1 Å². The molecule has 0 spiro atoms. The summed E-state index contributed by atoms with van der Waals surface area (Å²) in [7, 11) is 0. The molecule has 2 heterocycles. The lowest BCUT2D eigenvalue weighted by atomic mass is 9.86. The van der Waals surface area contributed by atoms with Gasteiger partial charge in [0.2, 0.25) is 0 Å². The van der Waals surface area contributed by atoms with Gasteiger partial charge in [-0.2, -0.15) is 10.2 Å². The van der Waals surface area contributed by atoms with Crippen LogP contribution in [0.5, 0.6) is 0 Å². The normalized spacial score (nSPS) is 21.6. The van der Waals surface area contributed by atoms with Crippen LogP contribution in [0.4, 0.5) is 0 Å². The van der Waals surface area contributed by atoms with Gasteiger partial charge in [0.05, 0.1) is 5.70 Å². The van der Waals surface area contributed by atoms with Crippen LogP contribution in [0.25, 0.3) is 0 Å². The van der Waals surface area contributed by atoms with Crippen LogP contribution in [-0.2, 0) is 0 Å². The number of rotatable bonds is 3. The van der Waals surface area contributed by atoms with Crippen molar-refractivity contribution in [3.63, 3.8) is 0 Å². The number of hydrogen-bond donors (Lipinski definition) is 0.